The number of aromatic nitrogens is 2. The van der Waals surface area contributed by atoms with E-state index in [9.17, 15) is 5.11 Å². The van der Waals surface area contributed by atoms with Crippen molar-refractivity contribution in [3.05, 3.63) is 58.7 Å². The van der Waals surface area contributed by atoms with Crippen LogP contribution in [0.5, 0.6) is 28.9 Å². The zero-order chi connectivity index (χ0) is 16.4. The van der Waals surface area contributed by atoms with Gasteiger partial charge in [0.25, 0.3) is 0 Å². The fourth-order valence-corrected chi connectivity index (χ4v) is 2.48. The molecule has 1 aromatic heterocycles. The number of aryl methyl sites for hydroxylation is 2. The Hall–Kier alpha value is -2.47. The van der Waals surface area contributed by atoms with Gasteiger partial charge in [0.05, 0.1) is 5.69 Å². The summed E-state index contributed by atoms with van der Waals surface area (Å²) in [5.41, 5.74) is 0.870. The SMILES string of the molecule is Cc1nn(C)c(Oc2ccc(Oc3ccc(O)cc3)cc2)c1Br. The standard InChI is InChI=1S/C17H15BrN2O3/c1-11-16(18)17(20(2)19-11)23-15-9-7-14(8-10-15)22-13-5-3-12(21)4-6-13/h3-10,21H,1-2H3. The molecule has 0 amide bonds. The van der Waals surface area contributed by atoms with Crippen molar-refractivity contribution in [2.45, 2.75) is 6.92 Å². The molecular formula is C17H15BrN2O3. The number of hydrogen-bond donors (Lipinski definition) is 1. The number of hydrogen-bond acceptors (Lipinski definition) is 4. The van der Waals surface area contributed by atoms with E-state index in [4.69, 9.17) is 9.47 Å². The molecule has 3 aromatic rings. The molecule has 0 aliphatic heterocycles. The number of aromatic hydroxyl groups is 1. The van der Waals surface area contributed by atoms with E-state index >= 15 is 0 Å². The number of rotatable bonds is 4. The fourth-order valence-electron chi connectivity index (χ4n) is 2.06. The first-order chi connectivity index (χ1) is 11.0. The Bertz CT molecular complexity index is 811. The highest BCUT2D eigenvalue weighted by Gasteiger charge is 2.12. The lowest BCUT2D eigenvalue weighted by Crippen LogP contribution is -1.95. The van der Waals surface area contributed by atoms with Crippen molar-refractivity contribution >= 4 is 15.9 Å². The van der Waals surface area contributed by atoms with Crippen LogP contribution in [0.15, 0.2) is 53.0 Å². The topological polar surface area (TPSA) is 56.5 Å². The summed E-state index contributed by atoms with van der Waals surface area (Å²) >= 11 is 3.47. The van der Waals surface area contributed by atoms with Crippen molar-refractivity contribution in [1.82, 2.24) is 9.78 Å². The summed E-state index contributed by atoms with van der Waals surface area (Å²) in [5, 5.41) is 13.5. The van der Waals surface area contributed by atoms with Gasteiger partial charge in [0.15, 0.2) is 0 Å². The largest absolute Gasteiger partial charge is 0.508 e. The van der Waals surface area contributed by atoms with Gasteiger partial charge in [-0.1, -0.05) is 0 Å². The van der Waals surface area contributed by atoms with E-state index < -0.39 is 0 Å². The van der Waals surface area contributed by atoms with E-state index in [0.29, 0.717) is 23.1 Å². The predicted molar refractivity (Wildman–Crippen MR) is 90.3 cm³/mol. The summed E-state index contributed by atoms with van der Waals surface area (Å²) in [4.78, 5) is 0. The second kappa shape index (κ2) is 6.34. The molecule has 3 rings (SSSR count). The average Bonchev–Trinajstić information content (AvgIpc) is 2.78. The van der Waals surface area contributed by atoms with Gasteiger partial charge in [-0.25, -0.2) is 4.68 Å². The molecule has 0 aliphatic rings. The maximum atomic E-state index is 9.26. The van der Waals surface area contributed by atoms with Crippen molar-refractivity contribution < 1.29 is 14.6 Å². The lowest BCUT2D eigenvalue weighted by molar-refractivity contribution is 0.426. The molecule has 0 atom stereocenters. The van der Waals surface area contributed by atoms with Crippen LogP contribution in [0.4, 0.5) is 0 Å². The van der Waals surface area contributed by atoms with Gasteiger partial charge in [0.1, 0.15) is 27.5 Å². The highest BCUT2D eigenvalue weighted by atomic mass is 79.9. The third-order valence-corrected chi connectivity index (χ3v) is 4.12. The van der Waals surface area contributed by atoms with Crippen LogP contribution in [0.25, 0.3) is 0 Å². The average molecular weight is 375 g/mol. The van der Waals surface area contributed by atoms with E-state index in [1.807, 2.05) is 38.2 Å². The van der Waals surface area contributed by atoms with Crippen LogP contribution in [-0.2, 0) is 7.05 Å². The van der Waals surface area contributed by atoms with Gasteiger partial charge < -0.3 is 14.6 Å². The van der Waals surface area contributed by atoms with Crippen LogP contribution in [0.2, 0.25) is 0 Å². The molecule has 0 saturated heterocycles. The fraction of sp³-hybridized carbons (Fsp3) is 0.118. The van der Waals surface area contributed by atoms with Crippen LogP contribution in [0, 0.1) is 6.92 Å². The van der Waals surface area contributed by atoms with E-state index in [1.165, 1.54) is 0 Å². The maximum absolute atomic E-state index is 9.26. The van der Waals surface area contributed by atoms with Gasteiger partial charge in [0, 0.05) is 7.05 Å². The summed E-state index contributed by atoms with van der Waals surface area (Å²) in [6.07, 6.45) is 0. The van der Waals surface area contributed by atoms with Gasteiger partial charge in [-0.2, -0.15) is 5.10 Å². The summed E-state index contributed by atoms with van der Waals surface area (Å²) in [6.45, 7) is 1.91. The van der Waals surface area contributed by atoms with E-state index in [1.54, 1.807) is 28.9 Å². The van der Waals surface area contributed by atoms with Crippen molar-refractivity contribution in [3.63, 3.8) is 0 Å². The minimum Gasteiger partial charge on any atom is -0.508 e. The first-order valence-electron chi connectivity index (χ1n) is 6.97. The minimum atomic E-state index is 0.207. The second-order valence-corrected chi connectivity index (χ2v) is 5.79. The Balaban J connectivity index is 1.73. The molecule has 1 N–H and O–H groups in total. The maximum Gasteiger partial charge on any atom is 0.232 e. The van der Waals surface area contributed by atoms with Crippen molar-refractivity contribution in [1.29, 1.82) is 0 Å². The molecule has 0 spiro atoms. The molecule has 0 fully saturated rings. The molecule has 0 radical (unpaired) electrons. The Morgan fingerprint density at radius 2 is 1.39 bits per heavy atom. The minimum absolute atomic E-state index is 0.207. The van der Waals surface area contributed by atoms with Crippen LogP contribution in [0.1, 0.15) is 5.69 Å². The summed E-state index contributed by atoms with van der Waals surface area (Å²) < 4.78 is 14.1. The third-order valence-electron chi connectivity index (χ3n) is 3.21. The van der Waals surface area contributed by atoms with Crippen molar-refractivity contribution in [3.8, 4) is 28.9 Å². The summed E-state index contributed by atoms with van der Waals surface area (Å²) in [6, 6.07) is 13.8. The van der Waals surface area contributed by atoms with Gasteiger partial charge in [0.2, 0.25) is 5.88 Å². The smallest absolute Gasteiger partial charge is 0.232 e. The van der Waals surface area contributed by atoms with Gasteiger partial charge in [-0.3, -0.25) is 0 Å². The van der Waals surface area contributed by atoms with Crippen molar-refractivity contribution in [2.75, 3.05) is 0 Å². The third kappa shape index (κ3) is 3.48. The predicted octanol–water partition coefficient (Wildman–Crippen LogP) is 4.78. The Kier molecular flexibility index (Phi) is 4.25. The normalized spacial score (nSPS) is 10.6. The highest BCUT2D eigenvalue weighted by Crippen LogP contribution is 2.32. The zero-order valence-electron chi connectivity index (χ0n) is 12.7. The molecule has 23 heavy (non-hydrogen) atoms. The number of nitrogens with zero attached hydrogens (tertiary/aromatic N) is 2. The van der Waals surface area contributed by atoms with E-state index in [0.717, 1.165) is 10.2 Å². The number of ether oxygens (including phenoxy) is 2. The Labute approximate surface area is 142 Å². The quantitative estimate of drug-likeness (QED) is 0.713. The number of phenolic OH excluding ortho intramolecular Hbond substituents is 1. The van der Waals surface area contributed by atoms with Crippen molar-refractivity contribution in [2.24, 2.45) is 7.05 Å². The van der Waals surface area contributed by atoms with E-state index in [-0.39, 0.29) is 5.75 Å². The Morgan fingerprint density at radius 3 is 1.87 bits per heavy atom. The lowest BCUT2D eigenvalue weighted by atomic mass is 10.3. The molecule has 2 aromatic carbocycles. The monoisotopic (exact) mass is 374 g/mol. The zero-order valence-corrected chi connectivity index (χ0v) is 14.2. The van der Waals surface area contributed by atoms with Gasteiger partial charge in [-0.05, 0) is 71.4 Å². The second-order valence-electron chi connectivity index (χ2n) is 5.00. The first kappa shape index (κ1) is 15.4. The number of benzene rings is 2. The van der Waals surface area contributed by atoms with Crippen LogP contribution < -0.4 is 9.47 Å². The van der Waals surface area contributed by atoms with Crippen LogP contribution in [-0.4, -0.2) is 14.9 Å². The number of halogens is 1. The molecule has 1 heterocycles. The molecule has 0 aliphatic carbocycles. The van der Waals surface area contributed by atoms with Crippen LogP contribution in [0.3, 0.4) is 0 Å². The molecule has 0 bridgehead atoms. The van der Waals surface area contributed by atoms with Crippen LogP contribution >= 0.6 is 15.9 Å². The van der Waals surface area contributed by atoms with Gasteiger partial charge in [-0.15, -0.1) is 0 Å². The number of phenols is 1. The lowest BCUT2D eigenvalue weighted by Gasteiger charge is -2.09. The Morgan fingerprint density at radius 1 is 0.913 bits per heavy atom. The van der Waals surface area contributed by atoms with E-state index in [2.05, 4.69) is 21.0 Å². The van der Waals surface area contributed by atoms with Gasteiger partial charge >= 0.3 is 0 Å². The summed E-state index contributed by atoms with van der Waals surface area (Å²) in [5.74, 6) is 2.88. The molecule has 118 valence electrons. The first-order valence-corrected chi connectivity index (χ1v) is 7.76. The molecule has 6 heteroatoms. The molecule has 0 saturated carbocycles. The molecule has 0 unspecified atom stereocenters. The highest BCUT2D eigenvalue weighted by molar-refractivity contribution is 9.10. The molecular weight excluding hydrogens is 360 g/mol. The molecule has 5 nitrogen and oxygen atoms in total. The summed E-state index contributed by atoms with van der Waals surface area (Å²) in [7, 11) is 1.83.